The Labute approximate surface area is 123 Å². The molecule has 21 heavy (non-hydrogen) atoms. The Morgan fingerprint density at radius 2 is 1.90 bits per heavy atom. The van der Waals surface area contributed by atoms with E-state index in [1.54, 1.807) is 12.1 Å². The molecular formula is C13H17NO6S. The summed E-state index contributed by atoms with van der Waals surface area (Å²) in [6.45, 7) is 2.48. The molecule has 0 spiro atoms. The van der Waals surface area contributed by atoms with Gasteiger partial charge in [0, 0.05) is 0 Å². The standard InChI is InChI=1S/C13H17NO6S/c1-10-2-4-12(5-3-10)21(17,18)20-7-6-19-11-8-14(9-11)13(15)16/h2-5,11H,6-9H2,1H3,(H,15,16). The minimum Gasteiger partial charge on any atom is -0.465 e. The van der Waals surface area contributed by atoms with Gasteiger partial charge in [0.15, 0.2) is 0 Å². The van der Waals surface area contributed by atoms with Gasteiger partial charge in [0.2, 0.25) is 0 Å². The normalized spacial score (nSPS) is 15.8. The first-order valence-electron chi connectivity index (χ1n) is 6.44. The van der Waals surface area contributed by atoms with Crippen LogP contribution in [0.5, 0.6) is 0 Å². The summed E-state index contributed by atoms with van der Waals surface area (Å²) in [7, 11) is -3.77. The number of benzene rings is 1. The molecule has 0 unspecified atom stereocenters. The molecule has 0 bridgehead atoms. The van der Waals surface area contributed by atoms with Gasteiger partial charge < -0.3 is 14.7 Å². The van der Waals surface area contributed by atoms with Crippen LogP contribution in [0.1, 0.15) is 5.56 Å². The number of carboxylic acid groups (broad SMARTS) is 1. The number of likely N-dealkylation sites (tertiary alicyclic amines) is 1. The molecule has 1 aromatic carbocycles. The fraction of sp³-hybridized carbons (Fsp3) is 0.462. The Balaban J connectivity index is 1.71. The maximum atomic E-state index is 11.8. The topological polar surface area (TPSA) is 93.1 Å². The number of carbonyl (C=O) groups is 1. The average molecular weight is 315 g/mol. The van der Waals surface area contributed by atoms with Crippen LogP contribution in [-0.2, 0) is 19.0 Å². The van der Waals surface area contributed by atoms with E-state index in [0.717, 1.165) is 5.56 Å². The van der Waals surface area contributed by atoms with Crippen molar-refractivity contribution in [1.82, 2.24) is 4.90 Å². The van der Waals surface area contributed by atoms with Crippen LogP contribution in [0.4, 0.5) is 4.79 Å². The van der Waals surface area contributed by atoms with Crippen molar-refractivity contribution in [3.8, 4) is 0 Å². The molecule has 7 nitrogen and oxygen atoms in total. The van der Waals surface area contributed by atoms with Crippen LogP contribution >= 0.6 is 0 Å². The van der Waals surface area contributed by atoms with E-state index in [1.165, 1.54) is 17.0 Å². The Kier molecular flexibility index (Phi) is 4.81. The summed E-state index contributed by atoms with van der Waals surface area (Å²) in [6.07, 6.45) is -1.17. The third-order valence-electron chi connectivity index (χ3n) is 3.10. The van der Waals surface area contributed by atoms with Gasteiger partial charge in [0.25, 0.3) is 10.1 Å². The molecule has 0 aromatic heterocycles. The smallest absolute Gasteiger partial charge is 0.407 e. The van der Waals surface area contributed by atoms with Gasteiger partial charge in [-0.3, -0.25) is 4.18 Å². The number of ether oxygens (including phenoxy) is 1. The Morgan fingerprint density at radius 3 is 2.48 bits per heavy atom. The second-order valence-electron chi connectivity index (χ2n) is 4.77. The second kappa shape index (κ2) is 6.42. The molecule has 1 N–H and O–H groups in total. The number of aryl methyl sites for hydroxylation is 1. The lowest BCUT2D eigenvalue weighted by Gasteiger charge is -2.36. The second-order valence-corrected chi connectivity index (χ2v) is 6.38. The van der Waals surface area contributed by atoms with Crippen LogP contribution in [0.15, 0.2) is 29.2 Å². The predicted molar refractivity (Wildman–Crippen MR) is 73.7 cm³/mol. The molecular weight excluding hydrogens is 298 g/mol. The number of hydrogen-bond acceptors (Lipinski definition) is 5. The molecule has 0 aliphatic carbocycles. The maximum Gasteiger partial charge on any atom is 0.407 e. The van der Waals surface area contributed by atoms with Crippen molar-refractivity contribution in [3.05, 3.63) is 29.8 Å². The Hall–Kier alpha value is -1.64. The Morgan fingerprint density at radius 1 is 1.29 bits per heavy atom. The highest BCUT2D eigenvalue weighted by atomic mass is 32.2. The number of nitrogens with zero attached hydrogens (tertiary/aromatic N) is 1. The molecule has 2 rings (SSSR count). The maximum absolute atomic E-state index is 11.8. The van der Waals surface area contributed by atoms with E-state index in [1.807, 2.05) is 6.92 Å². The monoisotopic (exact) mass is 315 g/mol. The predicted octanol–water partition coefficient (Wildman–Crippen LogP) is 1.08. The largest absolute Gasteiger partial charge is 0.465 e. The fourth-order valence-corrected chi connectivity index (χ4v) is 2.72. The summed E-state index contributed by atoms with van der Waals surface area (Å²) in [5.74, 6) is 0. The molecule has 1 aromatic rings. The summed E-state index contributed by atoms with van der Waals surface area (Å²) < 4.78 is 33.9. The highest BCUT2D eigenvalue weighted by Crippen LogP contribution is 2.14. The lowest BCUT2D eigenvalue weighted by Crippen LogP contribution is -2.54. The van der Waals surface area contributed by atoms with E-state index in [0.29, 0.717) is 13.1 Å². The van der Waals surface area contributed by atoms with Gasteiger partial charge >= 0.3 is 6.09 Å². The van der Waals surface area contributed by atoms with Crippen molar-refractivity contribution in [1.29, 1.82) is 0 Å². The minimum absolute atomic E-state index is 0.0974. The van der Waals surface area contributed by atoms with Crippen LogP contribution in [0.2, 0.25) is 0 Å². The van der Waals surface area contributed by atoms with Crippen molar-refractivity contribution in [2.45, 2.75) is 17.9 Å². The number of hydrogen-bond donors (Lipinski definition) is 1. The minimum atomic E-state index is -3.77. The molecule has 1 saturated heterocycles. The molecule has 1 fully saturated rings. The van der Waals surface area contributed by atoms with Crippen LogP contribution < -0.4 is 0 Å². The first-order valence-corrected chi connectivity index (χ1v) is 7.85. The van der Waals surface area contributed by atoms with Gasteiger partial charge in [-0.15, -0.1) is 0 Å². The highest BCUT2D eigenvalue weighted by Gasteiger charge is 2.31. The van der Waals surface area contributed by atoms with Crippen LogP contribution in [-0.4, -0.2) is 56.9 Å². The van der Waals surface area contributed by atoms with Gasteiger partial charge in [-0.2, -0.15) is 8.42 Å². The van der Waals surface area contributed by atoms with Crippen molar-refractivity contribution < 1.29 is 27.2 Å². The van der Waals surface area contributed by atoms with Crippen LogP contribution in [0, 0.1) is 6.92 Å². The zero-order valence-electron chi connectivity index (χ0n) is 11.6. The molecule has 1 aliphatic heterocycles. The van der Waals surface area contributed by atoms with Crippen molar-refractivity contribution in [2.75, 3.05) is 26.3 Å². The SMILES string of the molecule is Cc1ccc(S(=O)(=O)OCCOC2CN(C(=O)O)C2)cc1. The lowest BCUT2D eigenvalue weighted by atomic mass is 10.2. The summed E-state index contributed by atoms with van der Waals surface area (Å²) in [6, 6.07) is 6.37. The van der Waals surface area contributed by atoms with Crippen molar-refractivity contribution in [3.63, 3.8) is 0 Å². The first-order chi connectivity index (χ1) is 9.88. The van der Waals surface area contributed by atoms with E-state index < -0.39 is 16.2 Å². The third-order valence-corrected chi connectivity index (χ3v) is 4.43. The molecule has 116 valence electrons. The van der Waals surface area contributed by atoms with Crippen LogP contribution in [0.3, 0.4) is 0 Å². The third kappa shape index (κ3) is 4.16. The van der Waals surface area contributed by atoms with Crippen LogP contribution in [0.25, 0.3) is 0 Å². The molecule has 1 aliphatic rings. The highest BCUT2D eigenvalue weighted by molar-refractivity contribution is 7.86. The summed E-state index contributed by atoms with van der Waals surface area (Å²) in [5.41, 5.74) is 0.963. The number of amides is 1. The molecule has 1 heterocycles. The molecule has 0 atom stereocenters. The molecule has 0 saturated carbocycles. The van der Waals surface area contributed by atoms with Gasteiger partial charge in [0.05, 0.1) is 37.3 Å². The van der Waals surface area contributed by atoms with Gasteiger partial charge in [-0.25, -0.2) is 4.79 Å². The summed E-state index contributed by atoms with van der Waals surface area (Å²) in [5, 5.41) is 8.64. The van der Waals surface area contributed by atoms with Crippen molar-refractivity contribution >= 4 is 16.2 Å². The van der Waals surface area contributed by atoms with E-state index >= 15 is 0 Å². The first kappa shape index (κ1) is 15.7. The molecule has 8 heteroatoms. The van der Waals surface area contributed by atoms with Gasteiger partial charge in [-0.1, -0.05) is 17.7 Å². The fourth-order valence-electron chi connectivity index (χ4n) is 1.83. The lowest BCUT2D eigenvalue weighted by molar-refractivity contribution is -0.0509. The molecule has 0 radical (unpaired) electrons. The number of rotatable bonds is 6. The van der Waals surface area contributed by atoms with Crippen molar-refractivity contribution in [2.24, 2.45) is 0 Å². The zero-order chi connectivity index (χ0) is 15.5. The molecule has 1 amide bonds. The average Bonchev–Trinajstić information content (AvgIpc) is 2.36. The van der Waals surface area contributed by atoms with E-state index in [2.05, 4.69) is 0 Å². The van der Waals surface area contributed by atoms with Gasteiger partial charge in [-0.05, 0) is 19.1 Å². The van der Waals surface area contributed by atoms with E-state index in [-0.39, 0.29) is 24.2 Å². The van der Waals surface area contributed by atoms with E-state index in [9.17, 15) is 13.2 Å². The summed E-state index contributed by atoms with van der Waals surface area (Å²) >= 11 is 0. The zero-order valence-corrected chi connectivity index (χ0v) is 12.4. The Bertz CT molecular complexity index is 592. The summed E-state index contributed by atoms with van der Waals surface area (Å²) in [4.78, 5) is 11.9. The van der Waals surface area contributed by atoms with Gasteiger partial charge in [0.1, 0.15) is 0 Å². The quantitative estimate of drug-likeness (QED) is 0.624. The van der Waals surface area contributed by atoms with E-state index in [4.69, 9.17) is 14.0 Å².